The molecule has 110 valence electrons. The first-order chi connectivity index (χ1) is 9.88. The number of carbonyl (C=O) groups is 1. The minimum absolute atomic E-state index is 0.429. The van der Waals surface area contributed by atoms with E-state index in [0.717, 1.165) is 24.2 Å². The van der Waals surface area contributed by atoms with E-state index in [-0.39, 0.29) is 0 Å². The number of carboxylic acid groups (broad SMARTS) is 1. The first kappa shape index (κ1) is 15.2. The summed E-state index contributed by atoms with van der Waals surface area (Å²) in [6.45, 7) is 0. The fourth-order valence-electron chi connectivity index (χ4n) is 1.53. The molecule has 0 amide bonds. The van der Waals surface area contributed by atoms with Crippen LogP contribution in [-0.4, -0.2) is 11.1 Å². The van der Waals surface area contributed by atoms with E-state index in [2.05, 4.69) is 0 Å². The summed E-state index contributed by atoms with van der Waals surface area (Å²) in [5.74, 6) is -1.86. The van der Waals surface area contributed by atoms with Crippen molar-refractivity contribution in [1.29, 1.82) is 0 Å². The Hall–Kier alpha value is -2.15. The predicted octanol–water partition coefficient (Wildman–Crippen LogP) is 4.49. The molecule has 21 heavy (non-hydrogen) atoms. The van der Waals surface area contributed by atoms with Gasteiger partial charge in [-0.25, -0.2) is 4.79 Å². The molecule has 0 unspecified atom stereocenters. The Labute approximate surface area is 122 Å². The van der Waals surface area contributed by atoms with Crippen molar-refractivity contribution in [1.82, 2.24) is 0 Å². The molecule has 0 atom stereocenters. The molecule has 0 aliphatic rings. The quantitative estimate of drug-likeness (QED) is 0.845. The van der Waals surface area contributed by atoms with Gasteiger partial charge in [-0.2, -0.15) is 13.2 Å². The highest BCUT2D eigenvalue weighted by molar-refractivity contribution is 7.95. The first-order valence-electron chi connectivity index (χ1n) is 5.72. The smallest absolute Gasteiger partial charge is 0.420 e. The molecule has 0 saturated carbocycles. The Bertz CT molecular complexity index is 642. The van der Waals surface area contributed by atoms with Crippen LogP contribution in [0.3, 0.4) is 0 Å². The van der Waals surface area contributed by atoms with Crippen molar-refractivity contribution in [2.45, 2.75) is 11.1 Å². The van der Waals surface area contributed by atoms with Crippen molar-refractivity contribution in [2.24, 2.45) is 0 Å². The van der Waals surface area contributed by atoms with Gasteiger partial charge in [-0.15, -0.1) is 0 Å². The molecule has 0 bridgehead atoms. The average molecular weight is 314 g/mol. The van der Waals surface area contributed by atoms with Gasteiger partial charge in [-0.1, -0.05) is 18.2 Å². The predicted molar refractivity (Wildman–Crippen MR) is 71.3 cm³/mol. The van der Waals surface area contributed by atoms with Gasteiger partial charge < -0.3 is 9.29 Å². The highest BCUT2D eigenvalue weighted by Gasteiger charge is 2.35. The number of rotatable bonds is 4. The maximum absolute atomic E-state index is 12.9. The average Bonchev–Trinajstić information content (AvgIpc) is 2.45. The number of carboxylic acids is 1. The van der Waals surface area contributed by atoms with E-state index in [9.17, 15) is 18.0 Å². The monoisotopic (exact) mass is 314 g/mol. The summed E-state index contributed by atoms with van der Waals surface area (Å²) in [5.41, 5.74) is -1.56. The van der Waals surface area contributed by atoms with Crippen LogP contribution in [0.15, 0.2) is 53.4 Å². The summed E-state index contributed by atoms with van der Waals surface area (Å²) in [5, 5.41) is 8.76. The summed E-state index contributed by atoms with van der Waals surface area (Å²) < 4.78 is 43.9. The second kappa shape index (κ2) is 6.09. The molecule has 2 aromatic rings. The van der Waals surface area contributed by atoms with E-state index in [1.54, 1.807) is 30.3 Å². The zero-order valence-corrected chi connectivity index (χ0v) is 11.2. The van der Waals surface area contributed by atoms with Crippen LogP contribution >= 0.6 is 12.0 Å². The maximum atomic E-state index is 12.9. The fourth-order valence-corrected chi connectivity index (χ4v) is 2.13. The van der Waals surface area contributed by atoms with Gasteiger partial charge >= 0.3 is 12.1 Å². The second-order valence-corrected chi connectivity index (χ2v) is 4.80. The van der Waals surface area contributed by atoms with Crippen LogP contribution in [0.2, 0.25) is 0 Å². The lowest BCUT2D eigenvalue weighted by molar-refractivity contribution is -0.138. The van der Waals surface area contributed by atoms with Gasteiger partial charge in [0.15, 0.2) is 0 Å². The lowest BCUT2D eigenvalue weighted by Gasteiger charge is -2.13. The minimum atomic E-state index is -4.70. The van der Waals surface area contributed by atoms with Crippen LogP contribution in [0.5, 0.6) is 5.75 Å². The number of alkyl halides is 3. The third-order valence-corrected chi connectivity index (χ3v) is 3.23. The largest absolute Gasteiger partial charge is 0.478 e. The van der Waals surface area contributed by atoms with Crippen molar-refractivity contribution >= 4 is 18.0 Å². The van der Waals surface area contributed by atoms with Crippen LogP contribution < -0.4 is 4.18 Å². The van der Waals surface area contributed by atoms with Crippen molar-refractivity contribution in [2.75, 3.05) is 0 Å². The van der Waals surface area contributed by atoms with Crippen molar-refractivity contribution in [3.63, 3.8) is 0 Å². The van der Waals surface area contributed by atoms with Gasteiger partial charge in [0.2, 0.25) is 0 Å². The summed E-state index contributed by atoms with van der Waals surface area (Å²) in [6.07, 6.45) is -4.70. The van der Waals surface area contributed by atoms with E-state index < -0.39 is 29.0 Å². The lowest BCUT2D eigenvalue weighted by Crippen LogP contribution is -2.09. The van der Waals surface area contributed by atoms with E-state index in [0.29, 0.717) is 11.0 Å². The van der Waals surface area contributed by atoms with Gasteiger partial charge in [0.05, 0.1) is 23.2 Å². The highest BCUT2D eigenvalue weighted by Crippen LogP contribution is 2.38. The van der Waals surface area contributed by atoms with Gasteiger partial charge in [0, 0.05) is 4.90 Å². The van der Waals surface area contributed by atoms with E-state index >= 15 is 0 Å². The summed E-state index contributed by atoms with van der Waals surface area (Å²) in [6, 6.07) is 11.2. The maximum Gasteiger partial charge on any atom is 0.420 e. The summed E-state index contributed by atoms with van der Waals surface area (Å²) >= 11 is 0.771. The Morgan fingerprint density at radius 3 is 2.33 bits per heavy atom. The van der Waals surface area contributed by atoms with Gasteiger partial charge in [0.1, 0.15) is 5.75 Å². The second-order valence-electron chi connectivity index (χ2n) is 3.99. The molecule has 0 aliphatic heterocycles. The van der Waals surface area contributed by atoms with Crippen LogP contribution in [0.4, 0.5) is 13.2 Å². The van der Waals surface area contributed by atoms with Crippen molar-refractivity contribution in [3.05, 3.63) is 59.7 Å². The molecule has 0 heterocycles. The van der Waals surface area contributed by atoms with Crippen LogP contribution in [-0.2, 0) is 6.18 Å². The molecule has 1 N–H and O–H groups in total. The van der Waals surface area contributed by atoms with E-state index in [4.69, 9.17) is 9.29 Å². The molecule has 0 saturated heterocycles. The zero-order chi connectivity index (χ0) is 15.5. The van der Waals surface area contributed by atoms with E-state index in [1.807, 2.05) is 0 Å². The SMILES string of the molecule is O=C(O)c1ccc(OSc2ccccc2)c(C(F)(F)F)c1. The third-order valence-electron chi connectivity index (χ3n) is 2.50. The number of hydrogen-bond acceptors (Lipinski definition) is 3. The molecule has 0 fully saturated rings. The number of hydrogen-bond donors (Lipinski definition) is 1. The van der Waals surface area contributed by atoms with Gasteiger partial charge in [-0.3, -0.25) is 0 Å². The Kier molecular flexibility index (Phi) is 4.42. The number of aromatic carboxylic acids is 1. The molecule has 7 heteroatoms. The molecule has 0 radical (unpaired) electrons. The Morgan fingerprint density at radius 2 is 1.76 bits per heavy atom. The molecule has 2 rings (SSSR count). The topological polar surface area (TPSA) is 46.5 Å². The first-order valence-corrected chi connectivity index (χ1v) is 6.46. The van der Waals surface area contributed by atoms with Gasteiger partial charge in [0.25, 0.3) is 0 Å². The number of benzene rings is 2. The molecule has 0 aliphatic carbocycles. The fraction of sp³-hybridized carbons (Fsp3) is 0.0714. The van der Waals surface area contributed by atoms with Gasteiger partial charge in [-0.05, 0) is 30.3 Å². The van der Waals surface area contributed by atoms with Crippen molar-refractivity contribution < 1.29 is 27.3 Å². The molecular weight excluding hydrogens is 305 g/mol. The lowest BCUT2D eigenvalue weighted by atomic mass is 10.1. The number of halogens is 3. The zero-order valence-electron chi connectivity index (χ0n) is 10.4. The molecular formula is C14H9F3O3S. The standard InChI is InChI=1S/C14H9F3O3S/c15-14(16,17)11-8-9(13(18)19)6-7-12(11)20-21-10-4-2-1-3-5-10/h1-8H,(H,18,19). The molecule has 3 nitrogen and oxygen atoms in total. The molecule has 0 spiro atoms. The van der Waals surface area contributed by atoms with Crippen LogP contribution in [0, 0.1) is 0 Å². The minimum Gasteiger partial charge on any atom is -0.478 e. The van der Waals surface area contributed by atoms with E-state index in [1.165, 1.54) is 0 Å². The third kappa shape index (κ3) is 3.91. The van der Waals surface area contributed by atoms with Crippen LogP contribution in [0.25, 0.3) is 0 Å². The summed E-state index contributed by atoms with van der Waals surface area (Å²) in [4.78, 5) is 11.4. The van der Waals surface area contributed by atoms with Crippen molar-refractivity contribution in [3.8, 4) is 5.75 Å². The molecule has 0 aromatic heterocycles. The van der Waals surface area contributed by atoms with Crippen LogP contribution in [0.1, 0.15) is 15.9 Å². The summed E-state index contributed by atoms with van der Waals surface area (Å²) in [7, 11) is 0. The molecule has 2 aromatic carbocycles. The normalized spacial score (nSPS) is 11.2. The highest BCUT2D eigenvalue weighted by atomic mass is 32.2. The Balaban J connectivity index is 2.28. The Morgan fingerprint density at radius 1 is 1.10 bits per heavy atom.